The molecule has 0 fully saturated rings. The van der Waals surface area contributed by atoms with Crippen molar-refractivity contribution in [3.8, 4) is 0 Å². The van der Waals surface area contributed by atoms with Gasteiger partial charge in [-0.2, -0.15) is 0 Å². The predicted octanol–water partition coefficient (Wildman–Crippen LogP) is 3.10. The van der Waals surface area contributed by atoms with E-state index in [1.54, 1.807) is 57.2 Å². The van der Waals surface area contributed by atoms with E-state index in [9.17, 15) is 21.6 Å². The van der Waals surface area contributed by atoms with Crippen molar-refractivity contribution in [1.82, 2.24) is 4.72 Å². The van der Waals surface area contributed by atoms with E-state index in [-0.39, 0.29) is 10.6 Å². The molecule has 10 heteroatoms. The van der Waals surface area contributed by atoms with Crippen molar-refractivity contribution in [2.24, 2.45) is 0 Å². The summed E-state index contributed by atoms with van der Waals surface area (Å²) in [7, 11) is -6.97. The minimum atomic E-state index is -3.53. The number of hydrogen-bond acceptors (Lipinski definition) is 5. The molecule has 2 aromatic rings. The van der Waals surface area contributed by atoms with Crippen LogP contribution in [0.4, 0.5) is 11.4 Å². The van der Waals surface area contributed by atoms with Crippen molar-refractivity contribution in [2.45, 2.75) is 32.1 Å². The van der Waals surface area contributed by atoms with Gasteiger partial charge in [-0.1, -0.05) is 32.0 Å². The summed E-state index contributed by atoms with van der Waals surface area (Å²) in [6, 6.07) is 11.1. The van der Waals surface area contributed by atoms with Crippen LogP contribution in [0.5, 0.6) is 0 Å². The van der Waals surface area contributed by atoms with E-state index in [1.807, 2.05) is 0 Å². The average Bonchev–Trinajstić information content (AvgIpc) is 2.69. The molecule has 0 spiro atoms. The first kappa shape index (κ1) is 24.6. The van der Waals surface area contributed by atoms with E-state index in [2.05, 4.69) is 14.8 Å². The summed E-state index contributed by atoms with van der Waals surface area (Å²) in [5.74, 6) is -0.388. The van der Waals surface area contributed by atoms with Crippen molar-refractivity contribution < 1.29 is 21.6 Å². The van der Waals surface area contributed by atoms with Crippen LogP contribution in [0.15, 0.2) is 53.4 Å². The van der Waals surface area contributed by atoms with Gasteiger partial charge < -0.3 is 5.32 Å². The first-order valence-electron chi connectivity index (χ1n) is 9.77. The summed E-state index contributed by atoms with van der Waals surface area (Å²) in [5.41, 5.74) is 2.15. The number of anilines is 2. The monoisotopic (exact) mass is 465 g/mol. The Kier molecular flexibility index (Phi) is 8.37. The van der Waals surface area contributed by atoms with Gasteiger partial charge in [-0.25, -0.2) is 21.6 Å². The van der Waals surface area contributed by atoms with Crippen molar-refractivity contribution in [1.29, 1.82) is 0 Å². The number of carbonyl (C=O) groups is 1. The van der Waals surface area contributed by atoms with Crippen LogP contribution in [-0.2, 0) is 24.8 Å². The van der Waals surface area contributed by atoms with Gasteiger partial charge in [0.15, 0.2) is 0 Å². The van der Waals surface area contributed by atoms with Gasteiger partial charge in [-0.15, -0.1) is 0 Å². The predicted molar refractivity (Wildman–Crippen MR) is 124 cm³/mol. The van der Waals surface area contributed by atoms with Crippen LogP contribution in [0.25, 0.3) is 6.08 Å². The molecule has 1 amide bonds. The van der Waals surface area contributed by atoms with E-state index in [4.69, 9.17) is 0 Å². The Balaban J connectivity index is 2.09. The Labute approximate surface area is 183 Å². The third-order valence-corrected chi connectivity index (χ3v) is 7.32. The number of rotatable bonds is 10. The quantitative estimate of drug-likeness (QED) is 0.466. The molecule has 0 aliphatic carbocycles. The highest BCUT2D eigenvalue weighted by atomic mass is 32.2. The molecule has 2 rings (SSSR count). The number of benzene rings is 2. The van der Waals surface area contributed by atoms with Gasteiger partial charge in [-0.05, 0) is 54.8 Å². The largest absolute Gasteiger partial charge is 0.322 e. The first-order valence-corrected chi connectivity index (χ1v) is 12.9. The molecule has 0 heterocycles. The molecule has 0 saturated carbocycles. The number of amides is 1. The van der Waals surface area contributed by atoms with Gasteiger partial charge in [0.2, 0.25) is 26.0 Å². The third-order valence-electron chi connectivity index (χ3n) is 4.28. The van der Waals surface area contributed by atoms with Crippen molar-refractivity contribution in [2.75, 3.05) is 22.3 Å². The SMILES string of the molecule is CCCS(=O)(=O)Nc1cccc(NC(=O)/C=C/c2ccc(S(=O)(=O)NCC)cc2)c1C. The zero-order valence-electron chi connectivity index (χ0n) is 17.7. The number of nitrogens with one attached hydrogen (secondary N) is 3. The maximum absolute atomic E-state index is 12.3. The average molecular weight is 466 g/mol. The van der Waals surface area contributed by atoms with E-state index >= 15 is 0 Å². The van der Waals surface area contributed by atoms with Gasteiger partial charge in [-0.3, -0.25) is 9.52 Å². The molecule has 3 N–H and O–H groups in total. The molecule has 0 aromatic heterocycles. The highest BCUT2D eigenvalue weighted by molar-refractivity contribution is 7.92. The summed E-state index contributed by atoms with van der Waals surface area (Å²) in [6.07, 6.45) is 3.38. The lowest BCUT2D eigenvalue weighted by Gasteiger charge is -2.13. The lowest BCUT2D eigenvalue weighted by atomic mass is 10.1. The number of hydrogen-bond donors (Lipinski definition) is 3. The van der Waals surface area contributed by atoms with Crippen molar-refractivity contribution >= 4 is 43.4 Å². The summed E-state index contributed by atoms with van der Waals surface area (Å²) < 4.78 is 52.9. The number of sulfonamides is 2. The van der Waals surface area contributed by atoms with E-state index < -0.39 is 26.0 Å². The molecular formula is C21H27N3O5S2. The second-order valence-corrected chi connectivity index (χ2v) is 10.4. The van der Waals surface area contributed by atoms with Gasteiger partial charge >= 0.3 is 0 Å². The third kappa shape index (κ3) is 7.20. The van der Waals surface area contributed by atoms with Crippen LogP contribution in [0.3, 0.4) is 0 Å². The smallest absolute Gasteiger partial charge is 0.248 e. The van der Waals surface area contributed by atoms with Crippen LogP contribution < -0.4 is 14.8 Å². The van der Waals surface area contributed by atoms with Crippen molar-refractivity contribution in [3.05, 3.63) is 59.7 Å². The minimum absolute atomic E-state index is 0.0142. The van der Waals surface area contributed by atoms with Crippen molar-refractivity contribution in [3.63, 3.8) is 0 Å². The van der Waals surface area contributed by atoms with Crippen LogP contribution in [0.1, 0.15) is 31.4 Å². The lowest BCUT2D eigenvalue weighted by molar-refractivity contribution is -0.111. The molecule has 31 heavy (non-hydrogen) atoms. The van der Waals surface area contributed by atoms with E-state index in [1.165, 1.54) is 18.2 Å². The van der Waals surface area contributed by atoms with Gasteiger partial charge in [0, 0.05) is 18.3 Å². The second kappa shape index (κ2) is 10.6. The fourth-order valence-corrected chi connectivity index (χ4v) is 4.98. The topological polar surface area (TPSA) is 121 Å². The zero-order valence-corrected chi connectivity index (χ0v) is 19.3. The maximum Gasteiger partial charge on any atom is 0.248 e. The fraction of sp³-hybridized carbons (Fsp3) is 0.286. The molecule has 0 saturated heterocycles. The van der Waals surface area contributed by atoms with Crippen LogP contribution >= 0.6 is 0 Å². The molecule has 2 aromatic carbocycles. The number of carbonyl (C=O) groups excluding carboxylic acids is 1. The lowest BCUT2D eigenvalue weighted by Crippen LogP contribution is -2.22. The summed E-state index contributed by atoms with van der Waals surface area (Å²) in [4.78, 5) is 12.5. The van der Waals surface area contributed by atoms with E-state index in [0.717, 1.165) is 0 Å². The van der Waals surface area contributed by atoms with Crippen LogP contribution in [0, 0.1) is 6.92 Å². The summed E-state index contributed by atoms with van der Waals surface area (Å²) in [6.45, 7) is 5.49. The molecule has 168 valence electrons. The van der Waals surface area contributed by atoms with Gasteiger partial charge in [0.25, 0.3) is 0 Å². The molecular weight excluding hydrogens is 438 g/mol. The fourth-order valence-electron chi connectivity index (χ4n) is 2.75. The molecule has 8 nitrogen and oxygen atoms in total. The molecule has 0 radical (unpaired) electrons. The molecule has 0 atom stereocenters. The molecule has 0 aliphatic rings. The standard InChI is InChI=1S/C21H27N3O5S2/c1-4-15-30(26,27)24-20-8-6-7-19(16(20)3)23-21(25)14-11-17-9-12-18(13-10-17)31(28,29)22-5-2/h6-14,22,24H,4-5,15H2,1-3H3,(H,23,25)/b14-11+. The second-order valence-electron chi connectivity index (χ2n) is 6.79. The van der Waals surface area contributed by atoms with Crippen LogP contribution in [-0.4, -0.2) is 35.0 Å². The highest BCUT2D eigenvalue weighted by Crippen LogP contribution is 2.24. The Bertz CT molecular complexity index is 1160. The van der Waals surface area contributed by atoms with E-state index in [0.29, 0.717) is 35.5 Å². The Morgan fingerprint density at radius 2 is 1.61 bits per heavy atom. The Hall–Kier alpha value is -2.69. The summed E-state index contributed by atoms with van der Waals surface area (Å²) >= 11 is 0. The highest BCUT2D eigenvalue weighted by Gasteiger charge is 2.13. The van der Waals surface area contributed by atoms with Crippen LogP contribution in [0.2, 0.25) is 0 Å². The van der Waals surface area contributed by atoms with Gasteiger partial charge in [0.05, 0.1) is 16.3 Å². The molecule has 0 unspecified atom stereocenters. The Morgan fingerprint density at radius 1 is 0.968 bits per heavy atom. The molecule has 0 bridgehead atoms. The van der Waals surface area contributed by atoms with Gasteiger partial charge in [0.1, 0.15) is 0 Å². The first-order chi connectivity index (χ1) is 14.6. The minimum Gasteiger partial charge on any atom is -0.322 e. The summed E-state index contributed by atoms with van der Waals surface area (Å²) in [5, 5.41) is 2.72. The Morgan fingerprint density at radius 3 is 2.23 bits per heavy atom. The zero-order chi connectivity index (χ0) is 23.1. The molecule has 0 aliphatic heterocycles. The normalized spacial score (nSPS) is 12.1. The maximum atomic E-state index is 12.3.